The lowest BCUT2D eigenvalue weighted by atomic mass is 9.85. The van der Waals surface area contributed by atoms with Gasteiger partial charge < -0.3 is 15.0 Å². The van der Waals surface area contributed by atoms with E-state index in [1.54, 1.807) is 12.1 Å². The maximum absolute atomic E-state index is 12.6. The second-order valence-electron chi connectivity index (χ2n) is 6.56. The Balaban J connectivity index is 2.07. The van der Waals surface area contributed by atoms with Gasteiger partial charge in [-0.25, -0.2) is 0 Å². The van der Waals surface area contributed by atoms with Gasteiger partial charge in [0.25, 0.3) is 0 Å². The Bertz CT molecular complexity index is 753. The van der Waals surface area contributed by atoms with E-state index in [2.05, 4.69) is 5.32 Å². The van der Waals surface area contributed by atoms with Crippen LogP contribution < -0.4 is 10.1 Å². The summed E-state index contributed by atoms with van der Waals surface area (Å²) in [6.07, 6.45) is 2.20. The number of hydrogen-bond acceptors (Lipinski definition) is 3. The standard InChI is InChI=1S/C18H20Cl2N2O2S/c1-9(2)24-17-11(19)7-10(8-12(17)20)16-15-13(5-4-6-14(15)23)22(3)18(25)21-16/h7-9,16H,4-6H2,1-3H3,(H,21,25). The van der Waals surface area contributed by atoms with E-state index >= 15 is 0 Å². The Morgan fingerprint density at radius 1 is 1.28 bits per heavy atom. The summed E-state index contributed by atoms with van der Waals surface area (Å²) in [6, 6.07) is 3.25. The summed E-state index contributed by atoms with van der Waals surface area (Å²) in [5.41, 5.74) is 2.55. The number of thiocarbonyl (C=S) groups is 1. The predicted octanol–water partition coefficient (Wildman–Crippen LogP) is 4.65. The highest BCUT2D eigenvalue weighted by Crippen LogP contribution is 2.41. The molecule has 0 radical (unpaired) electrons. The van der Waals surface area contributed by atoms with Crippen molar-refractivity contribution in [2.75, 3.05) is 7.05 Å². The molecule has 0 amide bonds. The number of rotatable bonds is 3. The topological polar surface area (TPSA) is 41.6 Å². The fourth-order valence-corrected chi connectivity index (χ4v) is 4.10. The quantitative estimate of drug-likeness (QED) is 0.750. The monoisotopic (exact) mass is 398 g/mol. The van der Waals surface area contributed by atoms with Crippen LogP contribution in [0.4, 0.5) is 0 Å². The zero-order chi connectivity index (χ0) is 18.3. The Labute approximate surface area is 163 Å². The molecule has 1 aromatic rings. The zero-order valence-electron chi connectivity index (χ0n) is 14.4. The third-order valence-electron chi connectivity index (χ3n) is 4.40. The van der Waals surface area contributed by atoms with Gasteiger partial charge in [0, 0.05) is 24.7 Å². The van der Waals surface area contributed by atoms with Crippen molar-refractivity contribution in [2.24, 2.45) is 0 Å². The fraction of sp³-hybridized carbons (Fsp3) is 0.444. The Morgan fingerprint density at radius 2 is 1.92 bits per heavy atom. The van der Waals surface area contributed by atoms with Crippen molar-refractivity contribution in [3.8, 4) is 5.75 Å². The van der Waals surface area contributed by atoms with Crippen LogP contribution in [-0.2, 0) is 4.79 Å². The normalized spacial score (nSPS) is 20.7. The van der Waals surface area contributed by atoms with Gasteiger partial charge in [0.05, 0.1) is 22.2 Å². The average Bonchev–Trinajstić information content (AvgIpc) is 2.54. The van der Waals surface area contributed by atoms with E-state index in [1.807, 2.05) is 25.8 Å². The first-order valence-corrected chi connectivity index (χ1v) is 9.42. The maximum atomic E-state index is 12.6. The molecule has 0 saturated carbocycles. The SMILES string of the molecule is CC(C)Oc1c(Cl)cc(C2NC(=S)N(C)C3=C2C(=O)CCC3)cc1Cl. The van der Waals surface area contributed by atoms with Crippen LogP contribution in [0.5, 0.6) is 5.75 Å². The number of allylic oxidation sites excluding steroid dienone is 1. The van der Waals surface area contributed by atoms with Gasteiger partial charge >= 0.3 is 0 Å². The molecule has 7 heteroatoms. The number of carbonyl (C=O) groups is 1. The smallest absolute Gasteiger partial charge is 0.173 e. The highest BCUT2D eigenvalue weighted by atomic mass is 35.5. The highest BCUT2D eigenvalue weighted by Gasteiger charge is 2.36. The van der Waals surface area contributed by atoms with E-state index < -0.39 is 0 Å². The molecule has 0 spiro atoms. The number of nitrogens with one attached hydrogen (secondary N) is 1. The summed E-state index contributed by atoms with van der Waals surface area (Å²) in [7, 11) is 1.89. The first-order chi connectivity index (χ1) is 11.8. The van der Waals surface area contributed by atoms with Crippen molar-refractivity contribution in [1.29, 1.82) is 0 Å². The summed E-state index contributed by atoms with van der Waals surface area (Å²) in [5.74, 6) is 0.601. The van der Waals surface area contributed by atoms with Crippen LogP contribution >= 0.6 is 35.4 Å². The molecule has 1 N–H and O–H groups in total. The lowest BCUT2D eigenvalue weighted by molar-refractivity contribution is -0.116. The molecule has 0 saturated heterocycles. The molecular weight excluding hydrogens is 379 g/mol. The van der Waals surface area contributed by atoms with Gasteiger partial charge in [-0.2, -0.15) is 0 Å². The van der Waals surface area contributed by atoms with Crippen molar-refractivity contribution in [2.45, 2.75) is 45.3 Å². The molecule has 4 nitrogen and oxygen atoms in total. The van der Waals surface area contributed by atoms with E-state index in [-0.39, 0.29) is 17.9 Å². The van der Waals surface area contributed by atoms with Crippen LogP contribution in [0.25, 0.3) is 0 Å². The summed E-state index contributed by atoms with van der Waals surface area (Å²) in [6.45, 7) is 3.82. The molecular formula is C18H20Cl2N2O2S. The molecule has 1 atom stereocenters. The van der Waals surface area contributed by atoms with Crippen molar-refractivity contribution < 1.29 is 9.53 Å². The molecule has 2 aliphatic rings. The van der Waals surface area contributed by atoms with E-state index in [1.165, 1.54) is 0 Å². The largest absolute Gasteiger partial charge is 0.488 e. The lowest BCUT2D eigenvalue weighted by Gasteiger charge is -2.39. The van der Waals surface area contributed by atoms with E-state index in [4.69, 9.17) is 40.2 Å². The number of Topliss-reactive ketones (excluding diaryl/α,β-unsaturated/α-hetero) is 1. The van der Waals surface area contributed by atoms with Gasteiger partial charge in [0.1, 0.15) is 0 Å². The molecule has 1 aromatic carbocycles. The third-order valence-corrected chi connectivity index (χ3v) is 5.36. The summed E-state index contributed by atoms with van der Waals surface area (Å²) >= 11 is 18.2. The Morgan fingerprint density at radius 3 is 2.52 bits per heavy atom. The molecule has 1 aliphatic carbocycles. The van der Waals surface area contributed by atoms with Gasteiger partial charge in [-0.05, 0) is 56.6 Å². The van der Waals surface area contributed by atoms with E-state index in [9.17, 15) is 4.79 Å². The number of benzene rings is 1. The Hall–Kier alpha value is -1.30. The minimum atomic E-state index is -0.338. The Kier molecular flexibility index (Phi) is 5.28. The zero-order valence-corrected chi connectivity index (χ0v) is 16.7. The number of ether oxygens (including phenoxy) is 1. The molecule has 0 fully saturated rings. The van der Waals surface area contributed by atoms with Gasteiger partial charge in [-0.15, -0.1) is 0 Å². The lowest BCUT2D eigenvalue weighted by Crippen LogP contribution is -2.47. The number of carbonyl (C=O) groups excluding carboxylic acids is 1. The average molecular weight is 399 g/mol. The van der Waals surface area contributed by atoms with E-state index in [0.717, 1.165) is 29.7 Å². The predicted molar refractivity (Wildman–Crippen MR) is 104 cm³/mol. The van der Waals surface area contributed by atoms with Crippen molar-refractivity contribution >= 4 is 46.3 Å². The van der Waals surface area contributed by atoms with Crippen LogP contribution in [-0.4, -0.2) is 28.9 Å². The minimum Gasteiger partial charge on any atom is -0.488 e. The van der Waals surface area contributed by atoms with Crippen LogP contribution in [0.15, 0.2) is 23.4 Å². The number of halogens is 2. The first kappa shape index (κ1) is 18.5. The fourth-order valence-electron chi connectivity index (χ4n) is 3.28. The summed E-state index contributed by atoms with van der Waals surface area (Å²) in [4.78, 5) is 14.5. The highest BCUT2D eigenvalue weighted by molar-refractivity contribution is 7.80. The number of ketones is 1. The number of hydrogen-bond donors (Lipinski definition) is 1. The van der Waals surface area contributed by atoms with Gasteiger partial charge in [-0.1, -0.05) is 23.2 Å². The summed E-state index contributed by atoms with van der Waals surface area (Å²) in [5, 5.41) is 4.69. The van der Waals surface area contributed by atoms with Crippen LogP contribution in [0.2, 0.25) is 10.0 Å². The molecule has 1 unspecified atom stereocenters. The van der Waals surface area contributed by atoms with Crippen LogP contribution in [0.1, 0.15) is 44.7 Å². The molecule has 134 valence electrons. The second-order valence-corrected chi connectivity index (χ2v) is 7.76. The van der Waals surface area contributed by atoms with Crippen LogP contribution in [0, 0.1) is 0 Å². The maximum Gasteiger partial charge on any atom is 0.173 e. The molecule has 1 heterocycles. The molecule has 3 rings (SSSR count). The molecule has 0 aromatic heterocycles. The van der Waals surface area contributed by atoms with Crippen molar-refractivity contribution in [3.05, 3.63) is 39.0 Å². The number of nitrogens with zero attached hydrogens (tertiary/aromatic N) is 1. The third kappa shape index (κ3) is 3.50. The van der Waals surface area contributed by atoms with Crippen molar-refractivity contribution in [1.82, 2.24) is 10.2 Å². The second kappa shape index (κ2) is 7.14. The molecule has 1 aliphatic heterocycles. The van der Waals surface area contributed by atoms with Crippen LogP contribution in [0.3, 0.4) is 0 Å². The van der Waals surface area contributed by atoms with Gasteiger partial charge in [0.15, 0.2) is 16.6 Å². The molecule has 0 bridgehead atoms. The van der Waals surface area contributed by atoms with Gasteiger partial charge in [-0.3, -0.25) is 4.79 Å². The van der Waals surface area contributed by atoms with E-state index in [0.29, 0.717) is 27.3 Å². The van der Waals surface area contributed by atoms with Crippen molar-refractivity contribution in [3.63, 3.8) is 0 Å². The summed E-state index contributed by atoms with van der Waals surface area (Å²) < 4.78 is 5.69. The minimum absolute atomic E-state index is 0.0379. The van der Waals surface area contributed by atoms with Gasteiger partial charge in [0.2, 0.25) is 0 Å². The molecule has 25 heavy (non-hydrogen) atoms. The first-order valence-electron chi connectivity index (χ1n) is 8.25.